The van der Waals surface area contributed by atoms with Crippen molar-refractivity contribution in [1.29, 1.82) is 0 Å². The van der Waals surface area contributed by atoms with Crippen molar-refractivity contribution in [2.75, 3.05) is 0 Å². The second kappa shape index (κ2) is 40.7. The molecule has 0 atom stereocenters. The number of aldehydes is 1. The monoisotopic (exact) mass is 679 g/mol. The van der Waals surface area contributed by atoms with Crippen LogP contribution in [-0.2, 0) is 0 Å². The molecule has 2 N–H and O–H groups in total. The number of carbonyl (C=O) groups is 1. The average Bonchev–Trinajstić information content (AvgIpc) is 3.70. The molecule has 0 saturated carbocycles. The van der Waals surface area contributed by atoms with Gasteiger partial charge in [-0.3, -0.25) is 26.2 Å². The largest absolute Gasteiger partial charge is 2.00 e. The van der Waals surface area contributed by atoms with Gasteiger partial charge < -0.3 is 33.5 Å². The zero-order valence-electron chi connectivity index (χ0n) is 25.0. The van der Waals surface area contributed by atoms with Crippen molar-refractivity contribution in [3.63, 3.8) is 0 Å². The number of aromatic amines is 2. The molecule has 2 heterocycles. The van der Waals surface area contributed by atoms with Crippen molar-refractivity contribution in [2.45, 2.75) is 49.0 Å². The fraction of sp³-hybridized carbons (Fsp3) is 0.219. The van der Waals surface area contributed by atoms with E-state index in [2.05, 4.69) is 41.3 Å². The first kappa shape index (κ1) is 55.5. The molecule has 0 saturated heterocycles. The Balaban J connectivity index is -0.0000000760. The molecule has 3 aromatic carbocycles. The van der Waals surface area contributed by atoms with Crippen LogP contribution in [0, 0.1) is 16.7 Å². The molecule has 6 nitrogen and oxygen atoms in total. The molecule has 0 bridgehead atoms. The van der Waals surface area contributed by atoms with Crippen molar-refractivity contribution in [1.82, 2.24) is 9.97 Å². The summed E-state index contributed by atoms with van der Waals surface area (Å²) < 4.78 is 16.0. The fourth-order valence-corrected chi connectivity index (χ4v) is 2.74. The van der Waals surface area contributed by atoms with Gasteiger partial charge in [-0.05, 0) is 23.6 Å². The van der Waals surface area contributed by atoms with Gasteiger partial charge in [0.2, 0.25) is 0 Å². The van der Waals surface area contributed by atoms with Crippen molar-refractivity contribution in [3.8, 4) is 0 Å². The summed E-state index contributed by atoms with van der Waals surface area (Å²) in [6.07, 6.45) is 4.53. The molecule has 0 aliphatic carbocycles. The molecule has 5 aromatic rings. The Hall–Kier alpha value is -3.41. The van der Waals surface area contributed by atoms with Gasteiger partial charge in [0, 0.05) is 55.7 Å². The van der Waals surface area contributed by atoms with Crippen molar-refractivity contribution < 1.29 is 40.6 Å². The first-order chi connectivity index (χ1) is 19.2. The van der Waals surface area contributed by atoms with Crippen molar-refractivity contribution in [3.05, 3.63) is 126 Å². The Morgan fingerprint density at radius 2 is 1.21 bits per heavy atom. The van der Waals surface area contributed by atoms with Crippen LogP contribution in [0.25, 0.3) is 21.8 Å². The van der Waals surface area contributed by atoms with Gasteiger partial charge in [-0.1, -0.05) is 104 Å². The number of H-pyrrole nitrogens is 2. The van der Waals surface area contributed by atoms with Gasteiger partial charge in [-0.15, -0.1) is 0 Å². The first-order valence-corrected chi connectivity index (χ1v) is 12.5. The van der Waals surface area contributed by atoms with Crippen molar-refractivity contribution >= 4 is 56.8 Å². The molecule has 5 rings (SSSR count). The molecule has 0 spiro atoms. The number of hydrogen-bond acceptors (Lipinski definition) is 3. The van der Waals surface area contributed by atoms with E-state index < -0.39 is 4.92 Å². The molecular formula is C32H45BrF3MgN3O3. The van der Waals surface area contributed by atoms with E-state index in [1.54, 1.807) is 24.4 Å². The molecule has 11 heteroatoms. The smallest absolute Gasteiger partial charge is 1.00 e. The summed E-state index contributed by atoms with van der Waals surface area (Å²) in [7, 11) is 0. The van der Waals surface area contributed by atoms with Crippen LogP contribution in [0.5, 0.6) is 0 Å². The number of carbonyl (C=O) groups excluding carboxylic acids is 1. The number of hydrogen-bond donors (Lipinski definition) is 2. The summed E-state index contributed by atoms with van der Waals surface area (Å²) in [4.78, 5) is 26.2. The normalized spacial score (nSPS) is 7.26. The van der Waals surface area contributed by atoms with Crippen LogP contribution >= 0.6 is 0 Å². The number of aromatic nitrogens is 2. The maximum atomic E-state index is 10.5. The van der Waals surface area contributed by atoms with Crippen LogP contribution in [0.15, 0.2) is 104 Å². The van der Waals surface area contributed by atoms with Gasteiger partial charge >= 0.3 is 23.1 Å². The summed E-state index contributed by atoms with van der Waals surface area (Å²) in [6, 6.07) is 25.9. The van der Waals surface area contributed by atoms with E-state index in [0.717, 1.165) is 22.8 Å². The van der Waals surface area contributed by atoms with E-state index in [1.165, 1.54) is 23.0 Å². The Morgan fingerprint density at radius 3 is 1.65 bits per heavy atom. The molecule has 43 heavy (non-hydrogen) atoms. The predicted molar refractivity (Wildman–Crippen MR) is 176 cm³/mol. The van der Waals surface area contributed by atoms with E-state index >= 15 is 0 Å². The summed E-state index contributed by atoms with van der Waals surface area (Å²) in [6.45, 7) is 19.0. The van der Waals surface area contributed by atoms with E-state index in [9.17, 15) is 14.9 Å². The molecule has 2 aromatic heterocycles. The van der Waals surface area contributed by atoms with Crippen LogP contribution in [0.2, 0.25) is 0 Å². The number of para-hydroxylation sites is 3. The molecule has 0 unspecified atom stereocenters. The number of nitrogens with one attached hydrogen (secondary N) is 2. The zero-order valence-corrected chi connectivity index (χ0v) is 28.0. The van der Waals surface area contributed by atoms with Crippen LogP contribution in [0.4, 0.5) is 19.5 Å². The summed E-state index contributed by atoms with van der Waals surface area (Å²) >= 11 is 0. The third kappa shape index (κ3) is 22.8. The van der Waals surface area contributed by atoms with Gasteiger partial charge in [0.15, 0.2) is 6.29 Å². The summed E-state index contributed by atoms with van der Waals surface area (Å²) in [5.41, 5.74) is 3.07. The predicted octanol–water partition coefficient (Wildman–Crippen LogP) is 7.68. The van der Waals surface area contributed by atoms with Gasteiger partial charge in [-0.25, -0.2) is 0 Å². The topological polar surface area (TPSA) is 91.8 Å². The Kier molecular flexibility index (Phi) is 52.6. The number of nitro benzene ring substituents is 1. The van der Waals surface area contributed by atoms with Gasteiger partial charge in [0.1, 0.15) is 0 Å². The number of benzene rings is 3. The average molecular weight is 681 g/mol. The van der Waals surface area contributed by atoms with E-state index in [0.29, 0.717) is 0 Å². The number of non-ortho nitro benzene ring substituents is 1. The summed E-state index contributed by atoms with van der Waals surface area (Å²) in [5, 5.41) is 12.3. The van der Waals surface area contributed by atoms with Crippen molar-refractivity contribution in [2.24, 2.45) is 0 Å². The molecule has 0 fully saturated rings. The quantitative estimate of drug-likeness (QED) is 0.0659. The Bertz CT molecular complexity index is 1230. The van der Waals surface area contributed by atoms with Crippen LogP contribution in [0.3, 0.4) is 0 Å². The third-order valence-corrected chi connectivity index (χ3v) is 4.18. The zero-order chi connectivity index (χ0) is 30.5. The third-order valence-electron chi connectivity index (χ3n) is 4.18. The van der Waals surface area contributed by atoms with Crippen LogP contribution in [-0.4, -0.2) is 44.2 Å². The van der Waals surface area contributed by atoms with E-state index in [1.807, 2.05) is 84.1 Å². The molecule has 0 aliphatic heterocycles. The SMILES string of the molecule is C.CC.CC.CC.F.FF.O=Cc1c[nH]c2ccccc12.O=[N+]([O-])c1ccccc1.[Br-].[CH-]=C.[Mg+2].c1ccc2[nH]ccc2c1. The Labute approximate surface area is 281 Å². The first-order valence-electron chi connectivity index (χ1n) is 12.5. The minimum atomic E-state index is -0.417. The Morgan fingerprint density at radius 1 is 0.767 bits per heavy atom. The standard InChI is InChI=1S/C9H7NO.C8H7N.C6H5NO2.3C2H6.C2H3.CH4.BrH.F2.FH.Mg/c11-6-7-5-10-9-4-2-1-3-8(7)9;1-2-4-8-7(3-1)5-6-9-8;8-7(9)6-4-2-1-3-5-6;4*1-2;;;1-2;;/h1-6,10H;1-6,9H;1-5H;3*1-2H3;1H,2H2;1H4;1H;;1H;/q;;;;;;-1;;;;;+2/p-1. The maximum absolute atomic E-state index is 10.5. The molecule has 0 aliphatic rings. The van der Waals surface area contributed by atoms with Crippen LogP contribution in [0.1, 0.15) is 59.3 Å². The number of nitro groups is 1. The molecular weight excluding hydrogens is 636 g/mol. The van der Waals surface area contributed by atoms with Gasteiger partial charge in [0.05, 0.1) is 4.92 Å². The number of fused-ring (bicyclic) bond motifs is 2. The maximum Gasteiger partial charge on any atom is 2.00 e. The van der Waals surface area contributed by atoms with Gasteiger partial charge in [-0.2, -0.15) is 0 Å². The minimum absolute atomic E-state index is 0. The van der Waals surface area contributed by atoms with Crippen LogP contribution < -0.4 is 17.0 Å². The number of nitrogens with zero attached hydrogens (tertiary/aromatic N) is 1. The molecule has 236 valence electrons. The molecule has 0 radical (unpaired) electrons. The summed E-state index contributed by atoms with van der Waals surface area (Å²) in [5.74, 6) is 0. The molecule has 0 amide bonds. The fourth-order valence-electron chi connectivity index (χ4n) is 2.74. The van der Waals surface area contributed by atoms with E-state index in [-0.39, 0.29) is 57.9 Å². The second-order valence-electron chi connectivity index (χ2n) is 6.07. The van der Waals surface area contributed by atoms with E-state index in [4.69, 9.17) is 9.15 Å². The number of rotatable bonds is 2. The number of halogens is 4. The van der Waals surface area contributed by atoms with Gasteiger partial charge in [0.25, 0.3) is 5.69 Å². The second-order valence-corrected chi connectivity index (χ2v) is 6.07. The minimum Gasteiger partial charge on any atom is -1.00 e.